The summed E-state index contributed by atoms with van der Waals surface area (Å²) in [7, 11) is 0. The first-order valence-corrected chi connectivity index (χ1v) is 6.84. The third kappa shape index (κ3) is 3.25. The van der Waals surface area contributed by atoms with Crippen LogP contribution in [0.25, 0.3) is 0 Å². The molecule has 3 N–H and O–H groups in total. The molecule has 0 aromatic heterocycles. The van der Waals surface area contributed by atoms with Gasteiger partial charge in [-0.25, -0.2) is 0 Å². The van der Waals surface area contributed by atoms with Crippen LogP contribution in [-0.2, 0) is 0 Å². The van der Waals surface area contributed by atoms with Gasteiger partial charge in [-0.05, 0) is 37.5 Å². The Bertz CT molecular complexity index is 421. The smallest absolute Gasteiger partial charge is 0.251 e. The van der Waals surface area contributed by atoms with E-state index in [1.54, 1.807) is 6.07 Å². The first-order valence-electron chi connectivity index (χ1n) is 6.84. The van der Waals surface area contributed by atoms with Gasteiger partial charge >= 0.3 is 0 Å². The molecule has 1 aromatic rings. The molecule has 0 aliphatic heterocycles. The van der Waals surface area contributed by atoms with Crippen molar-refractivity contribution in [2.45, 2.75) is 51.5 Å². The number of nitrogens with two attached hydrogens (primary N) is 1. The number of hydrogen-bond acceptors (Lipinski definition) is 2. The van der Waals surface area contributed by atoms with Crippen molar-refractivity contribution in [2.75, 3.05) is 5.73 Å². The Morgan fingerprint density at radius 1 is 1.22 bits per heavy atom. The Balaban J connectivity index is 1.99. The molecule has 2 rings (SSSR count). The zero-order chi connectivity index (χ0) is 13.0. The van der Waals surface area contributed by atoms with Crippen molar-refractivity contribution in [2.24, 2.45) is 0 Å². The Morgan fingerprint density at radius 2 is 1.89 bits per heavy atom. The molecule has 0 heterocycles. The molecule has 3 heteroatoms. The third-order valence-corrected chi connectivity index (χ3v) is 3.73. The Morgan fingerprint density at radius 3 is 2.50 bits per heavy atom. The summed E-state index contributed by atoms with van der Waals surface area (Å²) in [6.07, 6.45) is 7.25. The van der Waals surface area contributed by atoms with E-state index >= 15 is 0 Å². The second kappa shape index (κ2) is 5.89. The van der Waals surface area contributed by atoms with Crippen LogP contribution in [0.4, 0.5) is 5.69 Å². The standard InChI is InChI=1S/C15H22N2O/c1-11-8-9-12(10-14(11)16)15(18)17-13-6-4-2-3-5-7-13/h8-10,13H,2-7,16H2,1H3,(H,17,18). The van der Waals surface area contributed by atoms with E-state index in [0.29, 0.717) is 17.3 Å². The molecule has 18 heavy (non-hydrogen) atoms. The van der Waals surface area contributed by atoms with Crippen molar-refractivity contribution in [1.82, 2.24) is 5.32 Å². The third-order valence-electron chi connectivity index (χ3n) is 3.73. The van der Waals surface area contributed by atoms with E-state index < -0.39 is 0 Å². The van der Waals surface area contributed by atoms with E-state index in [0.717, 1.165) is 18.4 Å². The van der Waals surface area contributed by atoms with Gasteiger partial charge in [0.1, 0.15) is 0 Å². The number of nitrogens with one attached hydrogen (secondary N) is 1. The summed E-state index contributed by atoms with van der Waals surface area (Å²) in [6, 6.07) is 5.85. The van der Waals surface area contributed by atoms with Gasteiger partial charge in [-0.3, -0.25) is 4.79 Å². The quantitative estimate of drug-likeness (QED) is 0.622. The van der Waals surface area contributed by atoms with Gasteiger partial charge in [0.15, 0.2) is 0 Å². The number of rotatable bonds is 2. The Hall–Kier alpha value is -1.51. The fourth-order valence-corrected chi connectivity index (χ4v) is 2.47. The average Bonchev–Trinajstić information content (AvgIpc) is 2.61. The predicted octanol–water partition coefficient (Wildman–Crippen LogP) is 3.03. The molecule has 1 saturated carbocycles. The maximum absolute atomic E-state index is 12.1. The summed E-state index contributed by atoms with van der Waals surface area (Å²) in [6.45, 7) is 1.95. The van der Waals surface area contributed by atoms with Crippen molar-refractivity contribution >= 4 is 11.6 Å². The summed E-state index contributed by atoms with van der Waals surface area (Å²) in [5, 5.41) is 3.13. The topological polar surface area (TPSA) is 55.1 Å². The maximum Gasteiger partial charge on any atom is 0.251 e. The van der Waals surface area contributed by atoms with Crippen molar-refractivity contribution in [3.05, 3.63) is 29.3 Å². The van der Waals surface area contributed by atoms with Gasteiger partial charge in [-0.1, -0.05) is 31.7 Å². The molecule has 3 nitrogen and oxygen atoms in total. The lowest BCUT2D eigenvalue weighted by molar-refractivity contribution is 0.0933. The number of carbonyl (C=O) groups is 1. The lowest BCUT2D eigenvalue weighted by atomic mass is 10.1. The molecule has 0 atom stereocenters. The lowest BCUT2D eigenvalue weighted by Gasteiger charge is -2.16. The van der Waals surface area contributed by atoms with Gasteiger partial charge in [0.25, 0.3) is 5.91 Å². The Labute approximate surface area is 109 Å². The van der Waals surface area contributed by atoms with Crippen LogP contribution in [-0.4, -0.2) is 11.9 Å². The number of benzene rings is 1. The highest BCUT2D eigenvalue weighted by Gasteiger charge is 2.15. The van der Waals surface area contributed by atoms with E-state index in [-0.39, 0.29) is 5.91 Å². The van der Waals surface area contributed by atoms with Gasteiger partial charge in [0.2, 0.25) is 0 Å². The monoisotopic (exact) mass is 246 g/mol. The molecule has 1 fully saturated rings. The average molecular weight is 246 g/mol. The van der Waals surface area contributed by atoms with Crippen LogP contribution in [0.1, 0.15) is 54.4 Å². The molecule has 0 saturated heterocycles. The van der Waals surface area contributed by atoms with Crippen molar-refractivity contribution in [3.8, 4) is 0 Å². The molecule has 0 unspecified atom stereocenters. The number of amides is 1. The fourth-order valence-electron chi connectivity index (χ4n) is 2.47. The lowest BCUT2D eigenvalue weighted by Crippen LogP contribution is -2.34. The molecule has 1 aliphatic rings. The number of hydrogen-bond donors (Lipinski definition) is 2. The summed E-state index contributed by atoms with van der Waals surface area (Å²) in [4.78, 5) is 12.1. The molecule has 0 radical (unpaired) electrons. The van der Waals surface area contributed by atoms with Gasteiger partial charge < -0.3 is 11.1 Å². The summed E-state index contributed by atoms with van der Waals surface area (Å²) in [5.74, 6) is 0.00796. The van der Waals surface area contributed by atoms with Crippen LogP contribution < -0.4 is 11.1 Å². The number of carbonyl (C=O) groups excluding carboxylic acids is 1. The van der Waals surface area contributed by atoms with Gasteiger partial charge in [0.05, 0.1) is 0 Å². The Kier molecular flexibility index (Phi) is 4.24. The summed E-state index contributed by atoms with van der Waals surface area (Å²) in [5.41, 5.74) is 8.20. The van der Waals surface area contributed by atoms with Crippen molar-refractivity contribution in [3.63, 3.8) is 0 Å². The molecule has 1 aromatic carbocycles. The molecule has 1 amide bonds. The van der Waals surface area contributed by atoms with E-state index in [1.165, 1.54) is 25.7 Å². The highest BCUT2D eigenvalue weighted by Crippen LogP contribution is 2.18. The second-order valence-corrected chi connectivity index (χ2v) is 5.23. The fraction of sp³-hybridized carbons (Fsp3) is 0.533. The zero-order valence-electron chi connectivity index (χ0n) is 11.0. The first kappa shape index (κ1) is 12.9. The second-order valence-electron chi connectivity index (χ2n) is 5.23. The van der Waals surface area contributed by atoms with E-state index in [1.807, 2.05) is 19.1 Å². The molecule has 0 bridgehead atoms. The number of anilines is 1. The van der Waals surface area contributed by atoms with Crippen LogP contribution in [0.5, 0.6) is 0 Å². The first-order chi connectivity index (χ1) is 8.66. The van der Waals surface area contributed by atoms with Gasteiger partial charge in [-0.2, -0.15) is 0 Å². The van der Waals surface area contributed by atoms with E-state index in [4.69, 9.17) is 5.73 Å². The van der Waals surface area contributed by atoms with Crippen molar-refractivity contribution in [1.29, 1.82) is 0 Å². The van der Waals surface area contributed by atoms with E-state index in [9.17, 15) is 4.79 Å². The number of nitrogen functional groups attached to an aromatic ring is 1. The van der Waals surface area contributed by atoms with Crippen LogP contribution in [0.15, 0.2) is 18.2 Å². The minimum atomic E-state index is 0.00796. The minimum Gasteiger partial charge on any atom is -0.398 e. The highest BCUT2D eigenvalue weighted by molar-refractivity contribution is 5.95. The van der Waals surface area contributed by atoms with Crippen LogP contribution in [0, 0.1) is 6.92 Å². The molecular weight excluding hydrogens is 224 g/mol. The maximum atomic E-state index is 12.1. The SMILES string of the molecule is Cc1ccc(C(=O)NC2CCCCCC2)cc1N. The predicted molar refractivity (Wildman–Crippen MR) is 74.5 cm³/mol. The van der Waals surface area contributed by atoms with E-state index in [2.05, 4.69) is 5.32 Å². The zero-order valence-corrected chi connectivity index (χ0v) is 11.0. The molecular formula is C15H22N2O. The van der Waals surface area contributed by atoms with Gasteiger partial charge in [-0.15, -0.1) is 0 Å². The molecule has 98 valence electrons. The summed E-state index contributed by atoms with van der Waals surface area (Å²) < 4.78 is 0. The minimum absolute atomic E-state index is 0.00796. The molecule has 0 spiro atoms. The van der Waals surface area contributed by atoms with Crippen molar-refractivity contribution < 1.29 is 4.79 Å². The van der Waals surface area contributed by atoms with Crippen LogP contribution in [0.2, 0.25) is 0 Å². The largest absolute Gasteiger partial charge is 0.398 e. The number of aryl methyl sites for hydroxylation is 1. The van der Waals surface area contributed by atoms with Crippen LogP contribution >= 0.6 is 0 Å². The molecule has 1 aliphatic carbocycles. The summed E-state index contributed by atoms with van der Waals surface area (Å²) >= 11 is 0. The normalized spacial score (nSPS) is 17.2. The highest BCUT2D eigenvalue weighted by atomic mass is 16.1. The van der Waals surface area contributed by atoms with Crippen LogP contribution in [0.3, 0.4) is 0 Å². The van der Waals surface area contributed by atoms with Gasteiger partial charge in [0, 0.05) is 17.3 Å².